The van der Waals surface area contributed by atoms with E-state index in [0.717, 1.165) is 10.5 Å². The number of hydrogen-bond donors (Lipinski definition) is 0. The summed E-state index contributed by atoms with van der Waals surface area (Å²) in [5.74, 6) is 0. The van der Waals surface area contributed by atoms with Crippen LogP contribution in [0.15, 0.2) is 35.8 Å². The summed E-state index contributed by atoms with van der Waals surface area (Å²) in [6, 6.07) is 0. The standard InChI is InChI=1S/C8H11NOS/c1-4-7-6-9(3)11(10)8(7)5-2/h4-5H,1-2,6H2,3H3. The summed E-state index contributed by atoms with van der Waals surface area (Å²) in [6.07, 6.45) is 3.37. The normalized spacial score (nSPS) is 25.7. The highest BCUT2D eigenvalue weighted by molar-refractivity contribution is 7.87. The van der Waals surface area contributed by atoms with E-state index in [2.05, 4.69) is 13.2 Å². The third-order valence-electron chi connectivity index (χ3n) is 1.61. The van der Waals surface area contributed by atoms with Crippen LogP contribution < -0.4 is 0 Å². The molecule has 60 valence electrons. The van der Waals surface area contributed by atoms with Crippen molar-refractivity contribution in [1.82, 2.24) is 4.31 Å². The van der Waals surface area contributed by atoms with Gasteiger partial charge in [0.2, 0.25) is 0 Å². The van der Waals surface area contributed by atoms with E-state index in [1.165, 1.54) is 0 Å². The van der Waals surface area contributed by atoms with E-state index >= 15 is 0 Å². The summed E-state index contributed by atoms with van der Waals surface area (Å²) in [7, 11) is 0.804. The molecule has 0 aliphatic carbocycles. The Morgan fingerprint density at radius 1 is 1.55 bits per heavy atom. The molecule has 0 aromatic carbocycles. The van der Waals surface area contributed by atoms with Gasteiger partial charge >= 0.3 is 0 Å². The highest BCUT2D eigenvalue weighted by atomic mass is 32.2. The van der Waals surface area contributed by atoms with Crippen LogP contribution in [0.25, 0.3) is 0 Å². The predicted octanol–water partition coefficient (Wildman–Crippen LogP) is 1.22. The molecule has 1 aliphatic heterocycles. The Morgan fingerprint density at radius 2 is 2.18 bits per heavy atom. The summed E-state index contributed by atoms with van der Waals surface area (Å²) >= 11 is 0. The summed E-state index contributed by atoms with van der Waals surface area (Å²) in [5, 5.41) is 0. The number of allylic oxidation sites excluding steroid dienone is 1. The monoisotopic (exact) mass is 169 g/mol. The molecule has 0 fully saturated rings. The summed E-state index contributed by atoms with van der Waals surface area (Å²) in [5.41, 5.74) is 1.01. The molecule has 0 bridgehead atoms. The van der Waals surface area contributed by atoms with Gasteiger partial charge < -0.3 is 0 Å². The van der Waals surface area contributed by atoms with Gasteiger partial charge in [-0.15, -0.1) is 0 Å². The van der Waals surface area contributed by atoms with Crippen molar-refractivity contribution in [2.75, 3.05) is 13.6 Å². The van der Waals surface area contributed by atoms with E-state index in [1.807, 2.05) is 7.05 Å². The van der Waals surface area contributed by atoms with Gasteiger partial charge in [0.1, 0.15) is 11.0 Å². The van der Waals surface area contributed by atoms with E-state index in [9.17, 15) is 4.21 Å². The topological polar surface area (TPSA) is 20.3 Å². The first-order valence-corrected chi connectivity index (χ1v) is 4.42. The molecule has 0 saturated carbocycles. The maximum atomic E-state index is 11.4. The first-order valence-electron chi connectivity index (χ1n) is 3.31. The van der Waals surface area contributed by atoms with E-state index in [-0.39, 0.29) is 0 Å². The number of rotatable bonds is 2. The van der Waals surface area contributed by atoms with Gasteiger partial charge in [-0.25, -0.2) is 8.51 Å². The molecule has 2 nitrogen and oxygen atoms in total. The fourth-order valence-corrected chi connectivity index (χ4v) is 2.13. The Morgan fingerprint density at radius 3 is 2.55 bits per heavy atom. The van der Waals surface area contributed by atoms with Crippen LogP contribution in [0.5, 0.6) is 0 Å². The molecule has 0 spiro atoms. The average molecular weight is 169 g/mol. The minimum Gasteiger partial charge on any atom is -0.237 e. The number of likely N-dealkylation sites (N-methyl/N-ethyl adjacent to an activating group) is 1. The van der Waals surface area contributed by atoms with E-state index in [4.69, 9.17) is 0 Å². The fourth-order valence-electron chi connectivity index (χ4n) is 1.02. The molecule has 1 atom stereocenters. The smallest absolute Gasteiger partial charge is 0.127 e. The predicted molar refractivity (Wildman–Crippen MR) is 48.2 cm³/mol. The average Bonchev–Trinajstić information content (AvgIpc) is 2.28. The van der Waals surface area contributed by atoms with Crippen LogP contribution in [0.3, 0.4) is 0 Å². The minimum atomic E-state index is -1.01. The van der Waals surface area contributed by atoms with Crippen molar-refractivity contribution in [3.8, 4) is 0 Å². The van der Waals surface area contributed by atoms with Gasteiger partial charge in [0, 0.05) is 13.6 Å². The van der Waals surface area contributed by atoms with Crippen LogP contribution in [0, 0.1) is 0 Å². The second-order valence-electron chi connectivity index (χ2n) is 2.33. The number of nitrogens with zero attached hydrogens (tertiary/aromatic N) is 1. The first kappa shape index (κ1) is 8.43. The second kappa shape index (κ2) is 3.15. The van der Waals surface area contributed by atoms with Gasteiger partial charge in [0.25, 0.3) is 0 Å². The van der Waals surface area contributed by atoms with Crippen molar-refractivity contribution in [1.29, 1.82) is 0 Å². The first-order chi connectivity index (χ1) is 5.20. The molecule has 1 rings (SSSR count). The van der Waals surface area contributed by atoms with Crippen LogP contribution in [0.1, 0.15) is 0 Å². The minimum absolute atomic E-state index is 0.706. The number of hydrogen-bond acceptors (Lipinski definition) is 1. The Balaban J connectivity index is 3.04. The zero-order valence-corrected chi connectivity index (χ0v) is 7.36. The Labute approximate surface area is 69.5 Å². The SMILES string of the molecule is C=CC1=C(C=C)S(=O)N(C)C1. The van der Waals surface area contributed by atoms with Crippen molar-refractivity contribution in [2.24, 2.45) is 0 Å². The van der Waals surface area contributed by atoms with Gasteiger partial charge in [-0.2, -0.15) is 0 Å². The zero-order valence-electron chi connectivity index (χ0n) is 6.54. The third-order valence-corrected chi connectivity index (χ3v) is 3.11. The van der Waals surface area contributed by atoms with Gasteiger partial charge in [-0.1, -0.05) is 25.3 Å². The summed E-state index contributed by atoms with van der Waals surface area (Å²) in [4.78, 5) is 0.794. The Hall–Kier alpha value is -0.670. The van der Waals surface area contributed by atoms with E-state index < -0.39 is 11.0 Å². The molecule has 0 radical (unpaired) electrons. The lowest BCUT2D eigenvalue weighted by Gasteiger charge is -2.03. The van der Waals surface area contributed by atoms with E-state index in [0.29, 0.717) is 6.54 Å². The third kappa shape index (κ3) is 1.34. The van der Waals surface area contributed by atoms with Crippen molar-refractivity contribution in [3.63, 3.8) is 0 Å². The zero-order chi connectivity index (χ0) is 8.43. The second-order valence-corrected chi connectivity index (χ2v) is 3.89. The molecule has 0 aromatic heterocycles. The molecule has 0 N–H and O–H groups in total. The summed E-state index contributed by atoms with van der Waals surface area (Å²) in [6.45, 7) is 7.95. The lowest BCUT2D eigenvalue weighted by molar-refractivity contribution is 0.581. The lowest BCUT2D eigenvalue weighted by Crippen LogP contribution is -2.15. The van der Waals surface area contributed by atoms with Crippen molar-refractivity contribution < 1.29 is 4.21 Å². The molecule has 11 heavy (non-hydrogen) atoms. The van der Waals surface area contributed by atoms with Crippen LogP contribution in [-0.2, 0) is 11.0 Å². The largest absolute Gasteiger partial charge is 0.237 e. The molecule has 1 aliphatic rings. The van der Waals surface area contributed by atoms with Gasteiger partial charge in [-0.3, -0.25) is 0 Å². The molecule has 0 aromatic rings. The van der Waals surface area contributed by atoms with Crippen LogP contribution in [0.4, 0.5) is 0 Å². The fraction of sp³-hybridized carbons (Fsp3) is 0.250. The van der Waals surface area contributed by atoms with Crippen molar-refractivity contribution >= 4 is 11.0 Å². The van der Waals surface area contributed by atoms with E-state index in [1.54, 1.807) is 16.5 Å². The molecule has 3 heteroatoms. The van der Waals surface area contributed by atoms with Gasteiger partial charge in [-0.05, 0) is 5.57 Å². The molecular weight excluding hydrogens is 158 g/mol. The summed E-state index contributed by atoms with van der Waals surface area (Å²) < 4.78 is 13.1. The molecule has 0 amide bonds. The van der Waals surface area contributed by atoms with Gasteiger partial charge in [0.15, 0.2) is 0 Å². The highest BCUT2D eigenvalue weighted by Gasteiger charge is 2.22. The van der Waals surface area contributed by atoms with Crippen LogP contribution in [0.2, 0.25) is 0 Å². The maximum absolute atomic E-state index is 11.4. The van der Waals surface area contributed by atoms with Crippen molar-refractivity contribution in [3.05, 3.63) is 35.8 Å². The Bertz CT molecular complexity index is 255. The highest BCUT2D eigenvalue weighted by Crippen LogP contribution is 2.22. The van der Waals surface area contributed by atoms with Crippen LogP contribution >= 0.6 is 0 Å². The molecule has 1 unspecified atom stereocenters. The molecule has 0 saturated heterocycles. The van der Waals surface area contributed by atoms with Gasteiger partial charge in [0.05, 0.1) is 4.91 Å². The lowest BCUT2D eigenvalue weighted by atomic mass is 10.2. The molecule has 1 heterocycles. The van der Waals surface area contributed by atoms with Crippen molar-refractivity contribution in [2.45, 2.75) is 0 Å². The van der Waals surface area contributed by atoms with Crippen LogP contribution in [-0.4, -0.2) is 22.1 Å². The Kier molecular flexibility index (Phi) is 2.42. The quantitative estimate of drug-likeness (QED) is 0.608. The molecular formula is C8H11NOS. The maximum Gasteiger partial charge on any atom is 0.127 e.